The molecule has 2 aromatic rings. The first-order chi connectivity index (χ1) is 12.6. The van der Waals surface area contributed by atoms with E-state index in [0.29, 0.717) is 28.6 Å². The SMILES string of the molecule is Cl.O=C(CCC1CCNC1)Nc1ccc(NC(=O)c2ccc(Cl)cc2)cc1. The normalized spacial score (nSPS) is 15.7. The first-order valence-electron chi connectivity index (χ1n) is 8.78. The molecule has 0 saturated carbocycles. The molecular formula is C20H23Cl2N3O2. The maximum Gasteiger partial charge on any atom is 0.255 e. The molecule has 1 saturated heterocycles. The van der Waals surface area contributed by atoms with Crippen LogP contribution >= 0.6 is 24.0 Å². The predicted molar refractivity (Wildman–Crippen MR) is 112 cm³/mol. The fraction of sp³-hybridized carbons (Fsp3) is 0.300. The number of carbonyl (C=O) groups excluding carboxylic acids is 2. The Morgan fingerprint density at radius 2 is 1.63 bits per heavy atom. The number of carbonyl (C=O) groups is 2. The smallest absolute Gasteiger partial charge is 0.255 e. The topological polar surface area (TPSA) is 70.2 Å². The van der Waals surface area contributed by atoms with Gasteiger partial charge in [0, 0.05) is 28.4 Å². The molecule has 1 heterocycles. The lowest BCUT2D eigenvalue weighted by Crippen LogP contribution is -2.15. The van der Waals surface area contributed by atoms with Crippen LogP contribution in [0.3, 0.4) is 0 Å². The Bertz CT molecular complexity index is 758. The van der Waals surface area contributed by atoms with Gasteiger partial charge in [-0.2, -0.15) is 0 Å². The highest BCUT2D eigenvalue weighted by Gasteiger charge is 2.15. The van der Waals surface area contributed by atoms with Crippen LogP contribution in [0.4, 0.5) is 11.4 Å². The van der Waals surface area contributed by atoms with Crippen LogP contribution in [0, 0.1) is 5.92 Å². The molecule has 1 aliphatic rings. The minimum Gasteiger partial charge on any atom is -0.326 e. The lowest BCUT2D eigenvalue weighted by Gasteiger charge is -2.10. The molecular weight excluding hydrogens is 385 g/mol. The van der Waals surface area contributed by atoms with Crippen LogP contribution in [0.1, 0.15) is 29.6 Å². The number of amides is 2. The summed E-state index contributed by atoms with van der Waals surface area (Å²) in [7, 11) is 0. The average molecular weight is 408 g/mol. The second-order valence-corrected chi connectivity index (χ2v) is 6.92. The van der Waals surface area contributed by atoms with Crippen LogP contribution in [0.2, 0.25) is 5.02 Å². The minimum absolute atomic E-state index is 0. The van der Waals surface area contributed by atoms with Crippen molar-refractivity contribution in [2.75, 3.05) is 23.7 Å². The summed E-state index contributed by atoms with van der Waals surface area (Å²) >= 11 is 5.83. The summed E-state index contributed by atoms with van der Waals surface area (Å²) < 4.78 is 0. The highest BCUT2D eigenvalue weighted by Crippen LogP contribution is 2.18. The molecule has 1 aliphatic heterocycles. The summed E-state index contributed by atoms with van der Waals surface area (Å²) in [4.78, 5) is 24.2. The van der Waals surface area contributed by atoms with Crippen molar-refractivity contribution >= 4 is 47.2 Å². The van der Waals surface area contributed by atoms with Crippen LogP contribution < -0.4 is 16.0 Å². The number of rotatable bonds is 6. The van der Waals surface area contributed by atoms with Crippen molar-refractivity contribution in [1.82, 2.24) is 5.32 Å². The van der Waals surface area contributed by atoms with E-state index >= 15 is 0 Å². The Hall–Kier alpha value is -2.08. The fourth-order valence-electron chi connectivity index (χ4n) is 2.96. The summed E-state index contributed by atoms with van der Waals surface area (Å²) in [6.07, 6.45) is 2.59. The van der Waals surface area contributed by atoms with Crippen LogP contribution in [-0.4, -0.2) is 24.9 Å². The van der Waals surface area contributed by atoms with Gasteiger partial charge >= 0.3 is 0 Å². The molecule has 1 unspecified atom stereocenters. The number of anilines is 2. The minimum atomic E-state index is -0.205. The monoisotopic (exact) mass is 407 g/mol. The lowest BCUT2D eigenvalue weighted by molar-refractivity contribution is -0.116. The predicted octanol–water partition coefficient (Wildman–Crippen LogP) is 4.34. The molecule has 3 N–H and O–H groups in total. The van der Waals surface area contributed by atoms with E-state index in [4.69, 9.17) is 11.6 Å². The van der Waals surface area contributed by atoms with Crippen LogP contribution in [0.5, 0.6) is 0 Å². The summed E-state index contributed by atoms with van der Waals surface area (Å²) in [5.74, 6) is 0.421. The van der Waals surface area contributed by atoms with Crippen molar-refractivity contribution in [3.8, 4) is 0 Å². The highest BCUT2D eigenvalue weighted by atomic mass is 35.5. The van der Waals surface area contributed by atoms with Crippen LogP contribution in [0.15, 0.2) is 48.5 Å². The van der Waals surface area contributed by atoms with Crippen molar-refractivity contribution in [3.63, 3.8) is 0 Å². The van der Waals surface area contributed by atoms with E-state index < -0.39 is 0 Å². The molecule has 0 aromatic heterocycles. The molecule has 1 fully saturated rings. The van der Waals surface area contributed by atoms with Crippen LogP contribution in [0.25, 0.3) is 0 Å². The first-order valence-corrected chi connectivity index (χ1v) is 9.15. The zero-order chi connectivity index (χ0) is 18.4. The van der Waals surface area contributed by atoms with Gasteiger partial charge in [-0.1, -0.05) is 11.6 Å². The third kappa shape index (κ3) is 6.54. The van der Waals surface area contributed by atoms with Gasteiger partial charge in [-0.15, -0.1) is 12.4 Å². The summed E-state index contributed by atoms with van der Waals surface area (Å²) in [6, 6.07) is 13.8. The third-order valence-electron chi connectivity index (χ3n) is 4.47. The van der Waals surface area contributed by atoms with E-state index in [-0.39, 0.29) is 24.2 Å². The summed E-state index contributed by atoms with van der Waals surface area (Å²) in [6.45, 7) is 2.06. The Morgan fingerprint density at radius 3 is 2.22 bits per heavy atom. The van der Waals surface area contributed by atoms with E-state index in [0.717, 1.165) is 31.6 Å². The molecule has 0 radical (unpaired) electrons. The number of nitrogens with one attached hydrogen (secondary N) is 3. The molecule has 3 rings (SSSR count). The number of halogens is 2. The van der Waals surface area contributed by atoms with Gasteiger partial charge in [0.25, 0.3) is 5.91 Å². The van der Waals surface area contributed by atoms with E-state index in [1.54, 1.807) is 48.5 Å². The lowest BCUT2D eigenvalue weighted by atomic mass is 10.0. The third-order valence-corrected chi connectivity index (χ3v) is 4.73. The van der Waals surface area contributed by atoms with Gasteiger partial charge in [-0.3, -0.25) is 9.59 Å². The maximum absolute atomic E-state index is 12.2. The van der Waals surface area contributed by atoms with Gasteiger partial charge in [0.2, 0.25) is 5.91 Å². The molecule has 144 valence electrons. The van der Waals surface area contributed by atoms with Gasteiger partial charge in [0.1, 0.15) is 0 Å². The van der Waals surface area contributed by atoms with Gasteiger partial charge in [0.15, 0.2) is 0 Å². The molecule has 5 nitrogen and oxygen atoms in total. The van der Waals surface area contributed by atoms with Gasteiger partial charge < -0.3 is 16.0 Å². The highest BCUT2D eigenvalue weighted by molar-refractivity contribution is 6.30. The molecule has 0 spiro atoms. The zero-order valence-corrected chi connectivity index (χ0v) is 16.4. The van der Waals surface area contributed by atoms with Gasteiger partial charge in [-0.25, -0.2) is 0 Å². The largest absolute Gasteiger partial charge is 0.326 e. The molecule has 1 atom stereocenters. The Kier molecular flexibility index (Phi) is 8.10. The van der Waals surface area contributed by atoms with Gasteiger partial charge in [-0.05, 0) is 80.4 Å². The Morgan fingerprint density at radius 1 is 1.00 bits per heavy atom. The maximum atomic E-state index is 12.2. The quantitative estimate of drug-likeness (QED) is 0.666. The van der Waals surface area contributed by atoms with E-state index in [1.807, 2.05) is 0 Å². The number of hydrogen-bond acceptors (Lipinski definition) is 3. The molecule has 2 aromatic carbocycles. The molecule has 0 bridgehead atoms. The van der Waals surface area contributed by atoms with Crippen molar-refractivity contribution < 1.29 is 9.59 Å². The molecule has 2 amide bonds. The molecule has 0 aliphatic carbocycles. The standard InChI is InChI=1S/C20H22ClN3O2.ClH/c21-16-4-2-15(3-5-16)20(26)24-18-8-6-17(7-9-18)23-19(25)10-1-14-11-12-22-13-14;/h2-9,14,22H,1,10-13H2,(H,23,25)(H,24,26);1H. The fourth-order valence-corrected chi connectivity index (χ4v) is 3.09. The van der Waals surface area contributed by atoms with E-state index in [9.17, 15) is 9.59 Å². The van der Waals surface area contributed by atoms with E-state index in [2.05, 4.69) is 16.0 Å². The zero-order valence-electron chi connectivity index (χ0n) is 14.8. The Balaban J connectivity index is 0.00000261. The Labute approximate surface area is 170 Å². The number of hydrogen-bond donors (Lipinski definition) is 3. The molecule has 7 heteroatoms. The van der Waals surface area contributed by atoms with Crippen molar-refractivity contribution in [3.05, 3.63) is 59.1 Å². The van der Waals surface area contributed by atoms with Crippen LogP contribution in [-0.2, 0) is 4.79 Å². The second-order valence-electron chi connectivity index (χ2n) is 6.48. The average Bonchev–Trinajstić information content (AvgIpc) is 3.16. The summed E-state index contributed by atoms with van der Waals surface area (Å²) in [5, 5.41) is 9.61. The van der Waals surface area contributed by atoms with Crippen molar-refractivity contribution in [2.24, 2.45) is 5.92 Å². The first kappa shape index (κ1) is 21.2. The van der Waals surface area contributed by atoms with Crippen molar-refractivity contribution in [1.29, 1.82) is 0 Å². The van der Waals surface area contributed by atoms with E-state index in [1.165, 1.54) is 0 Å². The number of benzene rings is 2. The molecule has 27 heavy (non-hydrogen) atoms. The van der Waals surface area contributed by atoms with Crippen molar-refractivity contribution in [2.45, 2.75) is 19.3 Å². The second kappa shape index (κ2) is 10.3. The summed E-state index contributed by atoms with van der Waals surface area (Å²) in [5.41, 5.74) is 1.93. The van der Waals surface area contributed by atoms with Gasteiger partial charge in [0.05, 0.1) is 0 Å².